The van der Waals surface area contributed by atoms with E-state index in [0.29, 0.717) is 16.6 Å². The van der Waals surface area contributed by atoms with Gasteiger partial charge in [-0.05, 0) is 43.7 Å². The molecule has 0 atom stereocenters. The van der Waals surface area contributed by atoms with Gasteiger partial charge in [-0.3, -0.25) is 4.79 Å². The summed E-state index contributed by atoms with van der Waals surface area (Å²) >= 11 is 5.96. The van der Waals surface area contributed by atoms with Crippen molar-refractivity contribution in [3.05, 3.63) is 41.1 Å². The lowest BCUT2D eigenvalue weighted by Gasteiger charge is -2.27. The molecule has 1 fully saturated rings. The first kappa shape index (κ1) is 16.0. The summed E-state index contributed by atoms with van der Waals surface area (Å²) in [6, 6.07) is 9.00. The number of aliphatic hydroxyl groups excluding tert-OH is 1. The molecule has 3 rings (SSSR count). The molecule has 0 aliphatic heterocycles. The summed E-state index contributed by atoms with van der Waals surface area (Å²) in [5.41, 5.74) is 1.39. The highest BCUT2D eigenvalue weighted by molar-refractivity contribution is 6.30. The van der Waals surface area contributed by atoms with Crippen LogP contribution in [-0.2, 0) is 0 Å². The average Bonchev–Trinajstić information content (AvgIpc) is 3.06. The molecule has 122 valence electrons. The fourth-order valence-electron chi connectivity index (χ4n) is 2.91. The van der Waals surface area contributed by atoms with Gasteiger partial charge in [0.15, 0.2) is 0 Å². The van der Waals surface area contributed by atoms with Gasteiger partial charge in [0.2, 0.25) is 5.76 Å². The van der Waals surface area contributed by atoms with E-state index in [1.165, 1.54) is 0 Å². The fraction of sp³-hybridized carbons (Fsp3) is 0.412. The van der Waals surface area contributed by atoms with Crippen LogP contribution in [0.2, 0.25) is 5.02 Å². The van der Waals surface area contributed by atoms with E-state index in [4.69, 9.17) is 21.2 Å². The summed E-state index contributed by atoms with van der Waals surface area (Å²) in [6.07, 6.45) is 3.63. The Bertz CT molecular complexity index is 678. The third kappa shape index (κ3) is 3.92. The molecule has 23 heavy (non-hydrogen) atoms. The van der Waals surface area contributed by atoms with E-state index in [1.54, 1.807) is 18.2 Å². The number of hydrogen-bond donors (Lipinski definition) is 2. The SMILES string of the molecule is O=C(NC1CCC(CO)CC1)c1cc(-c2cccc(Cl)c2)no1. The predicted octanol–water partition coefficient (Wildman–Crippen LogP) is 3.28. The Labute approximate surface area is 139 Å². The Morgan fingerprint density at radius 3 is 2.78 bits per heavy atom. The second-order valence-corrected chi connectivity index (χ2v) is 6.40. The Kier molecular flexibility index (Phi) is 4.98. The lowest BCUT2D eigenvalue weighted by Crippen LogP contribution is -2.37. The fourth-order valence-corrected chi connectivity index (χ4v) is 3.10. The van der Waals surface area contributed by atoms with Gasteiger partial charge in [-0.25, -0.2) is 0 Å². The van der Waals surface area contributed by atoms with Gasteiger partial charge in [0.05, 0.1) is 0 Å². The van der Waals surface area contributed by atoms with Crippen molar-refractivity contribution in [1.82, 2.24) is 10.5 Å². The largest absolute Gasteiger partial charge is 0.396 e. The van der Waals surface area contributed by atoms with Crippen LogP contribution in [0.4, 0.5) is 0 Å². The second kappa shape index (κ2) is 7.15. The van der Waals surface area contributed by atoms with Crippen LogP contribution in [0.5, 0.6) is 0 Å². The van der Waals surface area contributed by atoms with Crippen LogP contribution in [0.25, 0.3) is 11.3 Å². The first-order valence-electron chi connectivity index (χ1n) is 7.80. The molecule has 1 saturated carbocycles. The Balaban J connectivity index is 1.63. The molecule has 1 heterocycles. The van der Waals surface area contributed by atoms with Gasteiger partial charge in [-0.15, -0.1) is 0 Å². The van der Waals surface area contributed by atoms with E-state index in [2.05, 4.69) is 10.5 Å². The van der Waals surface area contributed by atoms with Crippen molar-refractivity contribution in [2.24, 2.45) is 5.92 Å². The van der Waals surface area contributed by atoms with Crippen molar-refractivity contribution >= 4 is 17.5 Å². The minimum Gasteiger partial charge on any atom is -0.396 e. The van der Waals surface area contributed by atoms with Crippen molar-refractivity contribution in [2.45, 2.75) is 31.7 Å². The Morgan fingerprint density at radius 1 is 1.30 bits per heavy atom. The van der Waals surface area contributed by atoms with Gasteiger partial charge < -0.3 is 14.9 Å². The molecule has 0 saturated heterocycles. The van der Waals surface area contributed by atoms with E-state index < -0.39 is 0 Å². The summed E-state index contributed by atoms with van der Waals surface area (Å²) in [5.74, 6) is 0.311. The van der Waals surface area contributed by atoms with Crippen molar-refractivity contribution in [3.63, 3.8) is 0 Å². The number of aromatic nitrogens is 1. The normalized spacial score (nSPS) is 21.1. The maximum absolute atomic E-state index is 12.3. The number of nitrogens with one attached hydrogen (secondary N) is 1. The molecular formula is C17H19ClN2O3. The van der Waals surface area contributed by atoms with Gasteiger partial charge in [0.1, 0.15) is 5.69 Å². The topological polar surface area (TPSA) is 75.4 Å². The third-order valence-electron chi connectivity index (χ3n) is 4.29. The molecule has 1 aromatic heterocycles. The number of benzene rings is 1. The maximum Gasteiger partial charge on any atom is 0.290 e. The number of rotatable bonds is 4. The molecule has 5 nitrogen and oxygen atoms in total. The number of aliphatic hydroxyl groups is 1. The molecule has 0 spiro atoms. The quantitative estimate of drug-likeness (QED) is 0.899. The van der Waals surface area contributed by atoms with Crippen LogP contribution in [0.3, 0.4) is 0 Å². The van der Waals surface area contributed by atoms with Gasteiger partial charge in [-0.1, -0.05) is 28.9 Å². The molecule has 0 unspecified atom stereocenters. The van der Waals surface area contributed by atoms with Crippen LogP contribution in [0.1, 0.15) is 36.2 Å². The number of halogens is 1. The van der Waals surface area contributed by atoms with E-state index in [0.717, 1.165) is 31.2 Å². The van der Waals surface area contributed by atoms with Gasteiger partial charge >= 0.3 is 0 Å². The van der Waals surface area contributed by atoms with E-state index in [9.17, 15) is 4.79 Å². The monoisotopic (exact) mass is 334 g/mol. The van der Waals surface area contributed by atoms with Crippen LogP contribution >= 0.6 is 11.6 Å². The molecule has 2 aromatic rings. The summed E-state index contributed by atoms with van der Waals surface area (Å²) in [4.78, 5) is 12.3. The Morgan fingerprint density at radius 2 is 2.09 bits per heavy atom. The van der Waals surface area contributed by atoms with Crippen LogP contribution in [-0.4, -0.2) is 28.8 Å². The van der Waals surface area contributed by atoms with E-state index >= 15 is 0 Å². The molecule has 0 bridgehead atoms. The molecule has 2 N–H and O–H groups in total. The standard InChI is InChI=1S/C17H19ClN2O3/c18-13-3-1-2-12(8-13)15-9-16(23-20-15)17(22)19-14-6-4-11(10-21)5-7-14/h1-3,8-9,11,14,21H,4-7,10H2,(H,19,22). The van der Waals surface area contributed by atoms with Crippen molar-refractivity contribution in [1.29, 1.82) is 0 Å². The molecule has 1 aromatic carbocycles. The first-order chi connectivity index (χ1) is 11.2. The van der Waals surface area contributed by atoms with Crippen LogP contribution < -0.4 is 5.32 Å². The molecule has 1 amide bonds. The van der Waals surface area contributed by atoms with E-state index in [1.807, 2.05) is 12.1 Å². The van der Waals surface area contributed by atoms with Crippen LogP contribution in [0.15, 0.2) is 34.9 Å². The summed E-state index contributed by atoms with van der Waals surface area (Å²) in [7, 11) is 0. The van der Waals surface area contributed by atoms with Crippen LogP contribution in [0, 0.1) is 5.92 Å². The number of nitrogens with zero attached hydrogens (tertiary/aromatic N) is 1. The molecule has 1 aliphatic carbocycles. The minimum atomic E-state index is -0.252. The van der Waals surface area contributed by atoms with Crippen molar-refractivity contribution in [3.8, 4) is 11.3 Å². The van der Waals surface area contributed by atoms with Gasteiger partial charge in [0.25, 0.3) is 5.91 Å². The van der Waals surface area contributed by atoms with Crippen molar-refractivity contribution < 1.29 is 14.4 Å². The number of hydrogen-bond acceptors (Lipinski definition) is 4. The predicted molar refractivity (Wildman–Crippen MR) is 87.2 cm³/mol. The average molecular weight is 335 g/mol. The lowest BCUT2D eigenvalue weighted by atomic mass is 9.86. The highest BCUT2D eigenvalue weighted by Crippen LogP contribution is 2.25. The zero-order valence-corrected chi connectivity index (χ0v) is 13.4. The zero-order valence-electron chi connectivity index (χ0n) is 12.7. The number of carbonyl (C=O) groups is 1. The highest BCUT2D eigenvalue weighted by atomic mass is 35.5. The molecular weight excluding hydrogens is 316 g/mol. The third-order valence-corrected chi connectivity index (χ3v) is 4.53. The smallest absolute Gasteiger partial charge is 0.290 e. The molecule has 1 aliphatic rings. The van der Waals surface area contributed by atoms with Gasteiger partial charge in [0, 0.05) is 29.3 Å². The van der Waals surface area contributed by atoms with Crippen molar-refractivity contribution in [2.75, 3.05) is 6.61 Å². The summed E-state index contributed by atoms with van der Waals surface area (Å²) in [5, 5.41) is 16.7. The zero-order chi connectivity index (χ0) is 16.2. The van der Waals surface area contributed by atoms with Gasteiger partial charge in [-0.2, -0.15) is 0 Å². The minimum absolute atomic E-state index is 0.130. The lowest BCUT2D eigenvalue weighted by molar-refractivity contribution is 0.0877. The first-order valence-corrected chi connectivity index (χ1v) is 8.18. The number of carbonyl (C=O) groups excluding carboxylic acids is 1. The highest BCUT2D eigenvalue weighted by Gasteiger charge is 2.23. The molecule has 0 radical (unpaired) electrons. The van der Waals surface area contributed by atoms with E-state index in [-0.39, 0.29) is 24.3 Å². The second-order valence-electron chi connectivity index (χ2n) is 5.96. The Hall–Kier alpha value is -1.85. The summed E-state index contributed by atoms with van der Waals surface area (Å²) < 4.78 is 5.16. The molecule has 6 heteroatoms. The maximum atomic E-state index is 12.3. The number of amides is 1. The summed E-state index contributed by atoms with van der Waals surface area (Å²) in [6.45, 7) is 0.228.